The zero-order valence-electron chi connectivity index (χ0n) is 12.7. The second-order valence-electron chi connectivity index (χ2n) is 5.83. The Bertz CT molecular complexity index is 566. The number of aryl methyl sites for hydroxylation is 1. The van der Waals surface area contributed by atoms with Gasteiger partial charge >= 0.3 is 0 Å². The van der Waals surface area contributed by atoms with Gasteiger partial charge in [0.15, 0.2) is 0 Å². The van der Waals surface area contributed by atoms with Crippen LogP contribution in [-0.4, -0.2) is 25.0 Å². The molecule has 0 aliphatic carbocycles. The van der Waals surface area contributed by atoms with Gasteiger partial charge in [-0.25, -0.2) is 8.42 Å². The molecule has 4 heteroatoms. The number of sulfonamides is 1. The minimum atomic E-state index is -3.12. The van der Waals surface area contributed by atoms with E-state index in [0.29, 0.717) is 13.1 Å². The summed E-state index contributed by atoms with van der Waals surface area (Å²) in [6, 6.07) is 6.44. The zero-order chi connectivity index (χ0) is 14.8. The summed E-state index contributed by atoms with van der Waals surface area (Å²) in [4.78, 5) is 0. The number of hydrogen-bond donors (Lipinski definition) is 0. The van der Waals surface area contributed by atoms with E-state index in [1.165, 1.54) is 16.7 Å². The van der Waals surface area contributed by atoms with Crippen molar-refractivity contribution in [2.75, 3.05) is 12.3 Å². The van der Waals surface area contributed by atoms with Gasteiger partial charge in [0.2, 0.25) is 10.0 Å². The molecule has 20 heavy (non-hydrogen) atoms. The van der Waals surface area contributed by atoms with Gasteiger partial charge in [0, 0.05) is 13.1 Å². The quantitative estimate of drug-likeness (QED) is 0.837. The number of benzene rings is 1. The van der Waals surface area contributed by atoms with Crippen molar-refractivity contribution in [3.8, 4) is 0 Å². The monoisotopic (exact) mass is 295 g/mol. The lowest BCUT2D eigenvalue weighted by Crippen LogP contribution is -2.38. The van der Waals surface area contributed by atoms with E-state index < -0.39 is 10.0 Å². The van der Waals surface area contributed by atoms with Crippen molar-refractivity contribution in [3.05, 3.63) is 34.9 Å². The Morgan fingerprint density at radius 2 is 2.00 bits per heavy atom. The molecule has 1 atom stereocenters. The summed E-state index contributed by atoms with van der Waals surface area (Å²) in [5.74, 6) is 0.496. The van der Waals surface area contributed by atoms with Crippen LogP contribution < -0.4 is 0 Å². The Morgan fingerprint density at radius 3 is 2.65 bits per heavy atom. The molecule has 112 valence electrons. The van der Waals surface area contributed by atoms with Crippen LogP contribution in [0.15, 0.2) is 18.2 Å². The number of hydrogen-bond acceptors (Lipinski definition) is 2. The molecule has 1 unspecified atom stereocenters. The lowest BCUT2D eigenvalue weighted by atomic mass is 9.98. The third-order valence-corrected chi connectivity index (χ3v) is 6.33. The Balaban J connectivity index is 2.15. The molecule has 0 N–H and O–H groups in total. The van der Waals surface area contributed by atoms with Crippen LogP contribution in [0.25, 0.3) is 0 Å². The van der Waals surface area contributed by atoms with Gasteiger partial charge in [-0.05, 0) is 35.4 Å². The first-order valence-electron chi connectivity index (χ1n) is 7.54. The largest absolute Gasteiger partial charge is 0.214 e. The number of fused-ring (bicyclic) bond motifs is 1. The molecule has 0 amide bonds. The van der Waals surface area contributed by atoms with Crippen molar-refractivity contribution in [1.82, 2.24) is 4.31 Å². The van der Waals surface area contributed by atoms with E-state index in [1.807, 2.05) is 13.8 Å². The lowest BCUT2D eigenvalue weighted by Gasteiger charge is -2.29. The SMILES string of the molecule is CCc1ccc2c(c1)CCN(S(=O)(=O)CC(C)CC)C2. The van der Waals surface area contributed by atoms with Gasteiger partial charge < -0.3 is 0 Å². The van der Waals surface area contributed by atoms with Gasteiger partial charge in [-0.2, -0.15) is 4.31 Å². The highest BCUT2D eigenvalue weighted by molar-refractivity contribution is 7.89. The molecule has 2 rings (SSSR count). The first-order chi connectivity index (χ1) is 9.46. The summed E-state index contributed by atoms with van der Waals surface area (Å²) < 4.78 is 26.5. The van der Waals surface area contributed by atoms with Crippen molar-refractivity contribution >= 4 is 10.0 Å². The molecule has 0 saturated carbocycles. The summed E-state index contributed by atoms with van der Waals surface area (Å²) in [7, 11) is -3.12. The van der Waals surface area contributed by atoms with Crippen LogP contribution in [0.1, 0.15) is 43.9 Å². The molecule has 0 saturated heterocycles. The molecule has 1 aromatic rings. The summed E-state index contributed by atoms with van der Waals surface area (Å²) in [6.45, 7) is 7.35. The smallest absolute Gasteiger partial charge is 0.212 e. The third kappa shape index (κ3) is 3.41. The van der Waals surface area contributed by atoms with Crippen LogP contribution in [0.5, 0.6) is 0 Å². The van der Waals surface area contributed by atoms with E-state index in [4.69, 9.17) is 0 Å². The second-order valence-corrected chi connectivity index (χ2v) is 7.85. The van der Waals surface area contributed by atoms with Crippen molar-refractivity contribution in [2.24, 2.45) is 5.92 Å². The Kier molecular flexibility index (Phi) is 4.86. The zero-order valence-corrected chi connectivity index (χ0v) is 13.5. The fraction of sp³-hybridized carbons (Fsp3) is 0.625. The summed E-state index contributed by atoms with van der Waals surface area (Å²) in [6.07, 6.45) is 2.77. The minimum Gasteiger partial charge on any atom is -0.212 e. The molecule has 3 nitrogen and oxygen atoms in total. The molecule has 1 aliphatic rings. The second kappa shape index (κ2) is 6.27. The molecule has 0 radical (unpaired) electrons. The molecule has 1 aliphatic heterocycles. The average Bonchev–Trinajstić information content (AvgIpc) is 2.45. The minimum absolute atomic E-state index is 0.226. The van der Waals surface area contributed by atoms with Gasteiger partial charge in [-0.3, -0.25) is 0 Å². The van der Waals surface area contributed by atoms with Gasteiger partial charge in [-0.1, -0.05) is 45.4 Å². The predicted octanol–water partition coefficient (Wildman–Crippen LogP) is 2.98. The summed E-state index contributed by atoms with van der Waals surface area (Å²) in [5.41, 5.74) is 3.82. The maximum absolute atomic E-state index is 12.4. The van der Waals surface area contributed by atoms with Crippen LogP contribution in [0.3, 0.4) is 0 Å². The van der Waals surface area contributed by atoms with Crippen LogP contribution in [-0.2, 0) is 29.4 Å². The fourth-order valence-electron chi connectivity index (χ4n) is 2.62. The van der Waals surface area contributed by atoms with Crippen molar-refractivity contribution < 1.29 is 8.42 Å². The van der Waals surface area contributed by atoms with Crippen molar-refractivity contribution in [3.63, 3.8) is 0 Å². The van der Waals surface area contributed by atoms with Crippen LogP contribution in [0, 0.1) is 5.92 Å². The number of nitrogens with zero attached hydrogens (tertiary/aromatic N) is 1. The predicted molar refractivity (Wildman–Crippen MR) is 83.2 cm³/mol. The third-order valence-electron chi connectivity index (χ3n) is 4.24. The molecule has 1 heterocycles. The Hall–Kier alpha value is -0.870. The van der Waals surface area contributed by atoms with Crippen molar-refractivity contribution in [2.45, 2.75) is 46.6 Å². The molecule has 0 aromatic heterocycles. The van der Waals surface area contributed by atoms with Crippen LogP contribution in [0.4, 0.5) is 0 Å². The molecular formula is C16H25NO2S. The van der Waals surface area contributed by atoms with Gasteiger partial charge in [0.05, 0.1) is 5.75 Å². The molecule has 0 fully saturated rings. The lowest BCUT2D eigenvalue weighted by molar-refractivity contribution is 0.386. The Labute approximate surface area is 123 Å². The summed E-state index contributed by atoms with van der Waals surface area (Å²) >= 11 is 0. The van der Waals surface area contributed by atoms with Gasteiger partial charge in [-0.15, -0.1) is 0 Å². The van der Waals surface area contributed by atoms with Crippen LogP contribution >= 0.6 is 0 Å². The van der Waals surface area contributed by atoms with E-state index >= 15 is 0 Å². The van der Waals surface area contributed by atoms with Gasteiger partial charge in [0.1, 0.15) is 0 Å². The molecular weight excluding hydrogens is 270 g/mol. The standard InChI is InChI=1S/C16H25NO2S/c1-4-13(3)12-20(18,19)17-9-8-15-10-14(5-2)6-7-16(15)11-17/h6-7,10,13H,4-5,8-9,11-12H2,1-3H3. The highest BCUT2D eigenvalue weighted by Gasteiger charge is 2.27. The molecule has 1 aromatic carbocycles. The summed E-state index contributed by atoms with van der Waals surface area (Å²) in [5, 5.41) is 0. The average molecular weight is 295 g/mol. The fourth-order valence-corrected chi connectivity index (χ4v) is 4.49. The van der Waals surface area contributed by atoms with Crippen molar-refractivity contribution in [1.29, 1.82) is 0 Å². The van der Waals surface area contributed by atoms with E-state index in [9.17, 15) is 8.42 Å². The van der Waals surface area contributed by atoms with E-state index in [-0.39, 0.29) is 11.7 Å². The van der Waals surface area contributed by atoms with E-state index in [0.717, 1.165) is 19.3 Å². The maximum atomic E-state index is 12.4. The van der Waals surface area contributed by atoms with Crippen LogP contribution in [0.2, 0.25) is 0 Å². The highest BCUT2D eigenvalue weighted by Crippen LogP contribution is 2.23. The molecule has 0 bridgehead atoms. The maximum Gasteiger partial charge on any atom is 0.214 e. The Morgan fingerprint density at radius 1 is 1.25 bits per heavy atom. The normalized spacial score (nSPS) is 17.8. The topological polar surface area (TPSA) is 37.4 Å². The van der Waals surface area contributed by atoms with Gasteiger partial charge in [0.25, 0.3) is 0 Å². The van der Waals surface area contributed by atoms with E-state index in [1.54, 1.807) is 4.31 Å². The number of rotatable bonds is 5. The molecule has 0 spiro atoms. The van der Waals surface area contributed by atoms with E-state index in [2.05, 4.69) is 25.1 Å². The first-order valence-corrected chi connectivity index (χ1v) is 9.15. The first kappa shape index (κ1) is 15.5. The highest BCUT2D eigenvalue weighted by atomic mass is 32.2.